The summed E-state index contributed by atoms with van der Waals surface area (Å²) in [6.45, 7) is 0.499. The molecule has 0 radical (unpaired) electrons. The van der Waals surface area contributed by atoms with Crippen LogP contribution in [0.2, 0.25) is 0 Å². The van der Waals surface area contributed by atoms with Gasteiger partial charge in [-0.25, -0.2) is 15.8 Å². The van der Waals surface area contributed by atoms with Crippen molar-refractivity contribution < 1.29 is 13.2 Å². The topological polar surface area (TPSA) is 67.1 Å². The third kappa shape index (κ3) is 3.54. The monoisotopic (exact) mass is 235 g/mol. The molecule has 3 N–H and O–H groups in total. The van der Waals surface area contributed by atoms with Crippen LogP contribution in [-0.4, -0.2) is 29.7 Å². The number of alkyl halides is 3. The molecule has 16 heavy (non-hydrogen) atoms. The molecule has 0 aliphatic carbocycles. The molecule has 0 aliphatic heterocycles. The van der Waals surface area contributed by atoms with Crippen molar-refractivity contribution in [2.45, 2.75) is 13.1 Å². The number of aromatic nitrogens is 2. The Hall–Kier alpha value is -1.57. The molecule has 0 aromatic carbocycles. The number of nitrogens with two attached hydrogens (primary N) is 1. The molecule has 1 aromatic rings. The number of hydrazine groups is 1. The highest BCUT2D eigenvalue weighted by Crippen LogP contribution is 2.20. The predicted octanol–water partition coefficient (Wildman–Crippen LogP) is 1.07. The normalized spacial score (nSPS) is 11.4. The zero-order valence-electron chi connectivity index (χ0n) is 8.84. The molecule has 0 unspecified atom stereocenters. The maximum Gasteiger partial charge on any atom is 0.405 e. The smallest absolute Gasteiger partial charge is 0.350 e. The standard InChI is InChI=1S/C8H12F3N5/c1-5-13-6(15-12)3-7(14-5)16(2)4-8(9,10)11/h3H,4,12H2,1-2H3,(H,13,14,15). The first-order chi connectivity index (χ1) is 7.31. The molecule has 0 atom stereocenters. The van der Waals surface area contributed by atoms with Crippen LogP contribution < -0.4 is 16.2 Å². The van der Waals surface area contributed by atoms with Gasteiger partial charge in [0.2, 0.25) is 0 Å². The van der Waals surface area contributed by atoms with Gasteiger partial charge in [-0.2, -0.15) is 13.2 Å². The van der Waals surface area contributed by atoms with Crippen LogP contribution in [0.15, 0.2) is 6.07 Å². The van der Waals surface area contributed by atoms with Gasteiger partial charge in [0.15, 0.2) is 0 Å². The number of nitrogens with zero attached hydrogens (tertiary/aromatic N) is 3. The molecule has 1 rings (SSSR count). The number of halogens is 3. The number of anilines is 2. The summed E-state index contributed by atoms with van der Waals surface area (Å²) in [6.07, 6.45) is -4.27. The highest BCUT2D eigenvalue weighted by molar-refractivity contribution is 5.48. The predicted molar refractivity (Wildman–Crippen MR) is 53.9 cm³/mol. The van der Waals surface area contributed by atoms with Crippen LogP contribution in [-0.2, 0) is 0 Å². The van der Waals surface area contributed by atoms with E-state index in [9.17, 15) is 13.2 Å². The Morgan fingerprint density at radius 1 is 1.44 bits per heavy atom. The molecule has 1 aromatic heterocycles. The van der Waals surface area contributed by atoms with Crippen molar-refractivity contribution >= 4 is 11.6 Å². The van der Waals surface area contributed by atoms with Crippen molar-refractivity contribution in [3.8, 4) is 0 Å². The van der Waals surface area contributed by atoms with E-state index < -0.39 is 12.7 Å². The average molecular weight is 235 g/mol. The maximum atomic E-state index is 12.1. The van der Waals surface area contributed by atoms with Crippen molar-refractivity contribution in [3.05, 3.63) is 11.9 Å². The first-order valence-corrected chi connectivity index (χ1v) is 4.42. The van der Waals surface area contributed by atoms with Gasteiger partial charge in [-0.1, -0.05) is 0 Å². The van der Waals surface area contributed by atoms with Crippen LogP contribution in [0, 0.1) is 6.92 Å². The Balaban J connectivity index is 2.90. The van der Waals surface area contributed by atoms with Crippen LogP contribution in [0.5, 0.6) is 0 Å². The number of rotatable bonds is 3. The van der Waals surface area contributed by atoms with Gasteiger partial charge in [-0.05, 0) is 6.92 Å². The largest absolute Gasteiger partial charge is 0.405 e. The third-order valence-corrected chi connectivity index (χ3v) is 1.78. The Morgan fingerprint density at radius 2 is 2.06 bits per heavy atom. The summed E-state index contributed by atoms with van der Waals surface area (Å²) >= 11 is 0. The van der Waals surface area contributed by atoms with E-state index in [1.807, 2.05) is 0 Å². The number of hydrogen-bond acceptors (Lipinski definition) is 5. The summed E-state index contributed by atoms with van der Waals surface area (Å²) in [5.74, 6) is 5.92. The molecule has 90 valence electrons. The molecule has 0 spiro atoms. The minimum atomic E-state index is -4.27. The van der Waals surface area contributed by atoms with Crippen LogP contribution >= 0.6 is 0 Å². The Kier molecular flexibility index (Phi) is 3.53. The second-order valence-electron chi connectivity index (χ2n) is 3.27. The number of aryl methyl sites for hydroxylation is 1. The lowest BCUT2D eigenvalue weighted by molar-refractivity contribution is -0.119. The van der Waals surface area contributed by atoms with E-state index in [0.29, 0.717) is 5.82 Å². The van der Waals surface area contributed by atoms with Crippen molar-refractivity contribution in [2.24, 2.45) is 5.84 Å². The first kappa shape index (κ1) is 12.5. The number of nitrogens with one attached hydrogen (secondary N) is 1. The van der Waals surface area contributed by atoms with E-state index in [1.54, 1.807) is 6.92 Å². The van der Waals surface area contributed by atoms with Gasteiger partial charge in [0.25, 0.3) is 0 Å². The van der Waals surface area contributed by atoms with E-state index in [2.05, 4.69) is 15.4 Å². The quantitative estimate of drug-likeness (QED) is 0.606. The van der Waals surface area contributed by atoms with Crippen molar-refractivity contribution in [2.75, 3.05) is 23.9 Å². The fourth-order valence-corrected chi connectivity index (χ4v) is 1.17. The van der Waals surface area contributed by atoms with Gasteiger partial charge >= 0.3 is 6.18 Å². The second kappa shape index (κ2) is 4.52. The highest BCUT2D eigenvalue weighted by Gasteiger charge is 2.30. The molecule has 0 bridgehead atoms. The first-order valence-electron chi connectivity index (χ1n) is 4.42. The highest BCUT2D eigenvalue weighted by atomic mass is 19.4. The van der Waals surface area contributed by atoms with Gasteiger partial charge < -0.3 is 10.3 Å². The summed E-state index contributed by atoms with van der Waals surface area (Å²) in [5.41, 5.74) is 2.27. The fourth-order valence-electron chi connectivity index (χ4n) is 1.17. The maximum absolute atomic E-state index is 12.1. The minimum Gasteiger partial charge on any atom is -0.350 e. The lowest BCUT2D eigenvalue weighted by Gasteiger charge is -2.20. The molecular weight excluding hydrogens is 223 g/mol. The van der Waals surface area contributed by atoms with Gasteiger partial charge in [0.05, 0.1) is 0 Å². The number of nitrogen functional groups attached to an aromatic ring is 1. The molecule has 0 saturated heterocycles. The van der Waals surface area contributed by atoms with Crippen molar-refractivity contribution in [1.82, 2.24) is 9.97 Å². The zero-order valence-corrected chi connectivity index (χ0v) is 8.84. The molecule has 0 amide bonds. The Morgan fingerprint density at radius 3 is 2.56 bits per heavy atom. The van der Waals surface area contributed by atoms with Crippen LogP contribution in [0.3, 0.4) is 0 Å². The second-order valence-corrected chi connectivity index (χ2v) is 3.27. The summed E-state index contributed by atoms with van der Waals surface area (Å²) in [6, 6.07) is 1.35. The van der Waals surface area contributed by atoms with Gasteiger partial charge in [-0.3, -0.25) is 0 Å². The summed E-state index contributed by atoms with van der Waals surface area (Å²) < 4.78 is 36.4. The molecule has 0 fully saturated rings. The van der Waals surface area contributed by atoms with E-state index in [0.717, 1.165) is 4.90 Å². The summed E-state index contributed by atoms with van der Waals surface area (Å²) in [4.78, 5) is 8.74. The van der Waals surface area contributed by atoms with Crippen LogP contribution in [0.1, 0.15) is 5.82 Å². The van der Waals surface area contributed by atoms with Crippen LogP contribution in [0.25, 0.3) is 0 Å². The van der Waals surface area contributed by atoms with Crippen LogP contribution in [0.4, 0.5) is 24.8 Å². The van der Waals surface area contributed by atoms with E-state index in [1.165, 1.54) is 13.1 Å². The van der Waals surface area contributed by atoms with Gasteiger partial charge in [-0.15, -0.1) is 0 Å². The molecule has 5 nitrogen and oxygen atoms in total. The molecule has 1 heterocycles. The number of hydrogen-bond donors (Lipinski definition) is 2. The van der Waals surface area contributed by atoms with Gasteiger partial charge in [0.1, 0.15) is 24.0 Å². The van der Waals surface area contributed by atoms with E-state index in [-0.39, 0.29) is 11.6 Å². The lowest BCUT2D eigenvalue weighted by atomic mass is 10.4. The van der Waals surface area contributed by atoms with Crippen molar-refractivity contribution in [1.29, 1.82) is 0 Å². The lowest BCUT2D eigenvalue weighted by Crippen LogP contribution is -2.31. The average Bonchev–Trinajstić information content (AvgIpc) is 2.14. The van der Waals surface area contributed by atoms with Gasteiger partial charge in [0, 0.05) is 13.1 Å². The zero-order chi connectivity index (χ0) is 12.3. The SMILES string of the molecule is Cc1nc(NN)cc(N(C)CC(F)(F)F)n1. The molecular formula is C8H12F3N5. The fraction of sp³-hybridized carbons (Fsp3) is 0.500. The minimum absolute atomic E-state index is 0.165. The van der Waals surface area contributed by atoms with E-state index in [4.69, 9.17) is 5.84 Å². The Labute approximate surface area is 90.4 Å². The summed E-state index contributed by atoms with van der Waals surface area (Å²) in [5, 5.41) is 0. The molecule has 0 aliphatic rings. The Bertz CT molecular complexity index is 365. The third-order valence-electron chi connectivity index (χ3n) is 1.78. The molecule has 0 saturated carbocycles. The summed E-state index contributed by atoms with van der Waals surface area (Å²) in [7, 11) is 1.30. The van der Waals surface area contributed by atoms with E-state index >= 15 is 0 Å². The molecule has 8 heteroatoms. The van der Waals surface area contributed by atoms with Crippen molar-refractivity contribution in [3.63, 3.8) is 0 Å².